The topological polar surface area (TPSA) is 33.4 Å². The van der Waals surface area contributed by atoms with Crippen LogP contribution in [-0.4, -0.2) is 5.11 Å². The van der Waals surface area contributed by atoms with Crippen molar-refractivity contribution in [2.75, 3.05) is 0 Å². The third-order valence-electron chi connectivity index (χ3n) is 2.09. The van der Waals surface area contributed by atoms with Crippen molar-refractivity contribution in [3.63, 3.8) is 0 Å². The van der Waals surface area contributed by atoms with Gasteiger partial charge in [-0.1, -0.05) is 6.92 Å². The van der Waals surface area contributed by atoms with Crippen LogP contribution in [0.3, 0.4) is 0 Å². The number of aromatic hydroxyl groups is 1. The van der Waals surface area contributed by atoms with Gasteiger partial charge in [0.05, 0.1) is 0 Å². The predicted octanol–water partition coefficient (Wildman–Crippen LogP) is 2.11. The minimum atomic E-state index is 0.0362. The van der Waals surface area contributed by atoms with Crippen LogP contribution < -0.4 is 0 Å². The molecule has 0 bridgehead atoms. The van der Waals surface area contributed by atoms with Crippen LogP contribution in [0, 0.1) is 5.92 Å². The summed E-state index contributed by atoms with van der Waals surface area (Å²) in [5, 5.41) is 8.85. The summed E-state index contributed by atoms with van der Waals surface area (Å²) in [6.07, 6.45) is 1.20. The Hall–Kier alpha value is -0.920. The van der Waals surface area contributed by atoms with E-state index in [1.165, 1.54) is 6.42 Å². The third kappa shape index (κ3) is 0.801. The van der Waals surface area contributed by atoms with Crippen molar-refractivity contribution in [3.05, 3.63) is 17.9 Å². The number of rotatable bonds is 1. The SMILES string of the molecule is CC1CC1c1ccc(O)o1. The van der Waals surface area contributed by atoms with E-state index in [9.17, 15) is 0 Å². The van der Waals surface area contributed by atoms with E-state index in [0.29, 0.717) is 5.92 Å². The molecule has 54 valence electrons. The largest absolute Gasteiger partial charge is 0.481 e. The Morgan fingerprint density at radius 3 is 2.70 bits per heavy atom. The van der Waals surface area contributed by atoms with E-state index >= 15 is 0 Å². The average molecular weight is 138 g/mol. The molecule has 10 heavy (non-hydrogen) atoms. The Morgan fingerprint density at radius 2 is 2.30 bits per heavy atom. The van der Waals surface area contributed by atoms with Crippen molar-refractivity contribution in [2.45, 2.75) is 19.3 Å². The molecule has 0 aromatic carbocycles. The zero-order valence-electron chi connectivity index (χ0n) is 5.87. The van der Waals surface area contributed by atoms with Crippen LogP contribution >= 0.6 is 0 Å². The fraction of sp³-hybridized carbons (Fsp3) is 0.500. The number of furan rings is 1. The van der Waals surface area contributed by atoms with Gasteiger partial charge in [-0.3, -0.25) is 0 Å². The van der Waals surface area contributed by atoms with Gasteiger partial charge in [0.15, 0.2) is 0 Å². The molecule has 1 aliphatic rings. The monoisotopic (exact) mass is 138 g/mol. The molecule has 1 heterocycles. The van der Waals surface area contributed by atoms with Crippen LogP contribution in [-0.2, 0) is 0 Å². The maximum atomic E-state index is 8.85. The molecule has 1 aromatic rings. The highest BCUT2D eigenvalue weighted by atomic mass is 16.5. The average Bonchev–Trinajstić information content (AvgIpc) is 2.42. The van der Waals surface area contributed by atoms with Crippen LogP contribution in [0.4, 0.5) is 0 Å². The smallest absolute Gasteiger partial charge is 0.281 e. The molecule has 2 heteroatoms. The van der Waals surface area contributed by atoms with Gasteiger partial charge in [0.25, 0.3) is 5.95 Å². The molecule has 2 rings (SSSR count). The summed E-state index contributed by atoms with van der Waals surface area (Å²) in [6.45, 7) is 2.18. The standard InChI is InChI=1S/C8H10O2/c1-5-4-6(5)7-2-3-8(9)10-7/h2-3,5-6,9H,4H2,1H3. The first-order valence-corrected chi connectivity index (χ1v) is 3.56. The summed E-state index contributed by atoms with van der Waals surface area (Å²) in [5.41, 5.74) is 0. The van der Waals surface area contributed by atoms with E-state index in [0.717, 1.165) is 11.7 Å². The Labute approximate surface area is 59.5 Å². The van der Waals surface area contributed by atoms with Crippen LogP contribution in [0.1, 0.15) is 25.0 Å². The van der Waals surface area contributed by atoms with Crippen molar-refractivity contribution in [2.24, 2.45) is 5.92 Å². The lowest BCUT2D eigenvalue weighted by molar-refractivity contribution is 0.318. The number of hydrogen-bond acceptors (Lipinski definition) is 2. The minimum Gasteiger partial charge on any atom is -0.481 e. The molecule has 0 radical (unpaired) electrons. The second-order valence-electron chi connectivity index (χ2n) is 3.00. The summed E-state index contributed by atoms with van der Waals surface area (Å²) in [4.78, 5) is 0. The molecule has 1 aliphatic carbocycles. The van der Waals surface area contributed by atoms with E-state index in [1.807, 2.05) is 6.07 Å². The minimum absolute atomic E-state index is 0.0362. The second-order valence-corrected chi connectivity index (χ2v) is 3.00. The zero-order chi connectivity index (χ0) is 7.14. The lowest BCUT2D eigenvalue weighted by atomic mass is 10.3. The maximum Gasteiger partial charge on any atom is 0.281 e. The second kappa shape index (κ2) is 1.78. The molecule has 1 aromatic heterocycles. The van der Waals surface area contributed by atoms with Gasteiger partial charge in [0, 0.05) is 12.0 Å². The summed E-state index contributed by atoms with van der Waals surface area (Å²) in [6, 6.07) is 3.45. The van der Waals surface area contributed by atoms with Crippen LogP contribution in [0.5, 0.6) is 5.95 Å². The first kappa shape index (κ1) is 5.83. The van der Waals surface area contributed by atoms with Crippen LogP contribution in [0.25, 0.3) is 0 Å². The van der Waals surface area contributed by atoms with Gasteiger partial charge >= 0.3 is 0 Å². The van der Waals surface area contributed by atoms with Crippen LogP contribution in [0.2, 0.25) is 0 Å². The van der Waals surface area contributed by atoms with E-state index in [2.05, 4.69) is 6.92 Å². The van der Waals surface area contributed by atoms with E-state index in [1.54, 1.807) is 6.07 Å². The predicted molar refractivity (Wildman–Crippen MR) is 36.9 cm³/mol. The Balaban J connectivity index is 2.20. The summed E-state index contributed by atoms with van der Waals surface area (Å²) in [5.74, 6) is 2.28. The molecule has 2 unspecified atom stereocenters. The van der Waals surface area contributed by atoms with Gasteiger partial charge in [-0.15, -0.1) is 0 Å². The van der Waals surface area contributed by atoms with Gasteiger partial charge in [-0.2, -0.15) is 0 Å². The van der Waals surface area contributed by atoms with Gasteiger partial charge in [-0.05, 0) is 18.4 Å². The maximum absolute atomic E-state index is 8.85. The fourth-order valence-corrected chi connectivity index (χ4v) is 1.26. The Morgan fingerprint density at radius 1 is 1.60 bits per heavy atom. The lowest BCUT2D eigenvalue weighted by Crippen LogP contribution is -1.72. The Bertz CT molecular complexity index is 239. The van der Waals surface area contributed by atoms with Crippen molar-refractivity contribution >= 4 is 0 Å². The highest BCUT2D eigenvalue weighted by Crippen LogP contribution is 2.47. The highest BCUT2D eigenvalue weighted by Gasteiger charge is 2.36. The summed E-state index contributed by atoms with van der Waals surface area (Å²) >= 11 is 0. The molecule has 0 saturated heterocycles. The molecular formula is C8H10O2. The van der Waals surface area contributed by atoms with Gasteiger partial charge in [0.2, 0.25) is 0 Å². The van der Waals surface area contributed by atoms with Gasteiger partial charge in [0.1, 0.15) is 5.76 Å². The Kier molecular flexibility index (Phi) is 1.04. The van der Waals surface area contributed by atoms with Crippen molar-refractivity contribution in [3.8, 4) is 5.95 Å². The fourth-order valence-electron chi connectivity index (χ4n) is 1.26. The van der Waals surface area contributed by atoms with Gasteiger partial charge in [-0.25, -0.2) is 0 Å². The molecule has 0 amide bonds. The number of hydrogen-bond donors (Lipinski definition) is 1. The van der Waals surface area contributed by atoms with Crippen molar-refractivity contribution in [1.29, 1.82) is 0 Å². The molecule has 0 spiro atoms. The van der Waals surface area contributed by atoms with E-state index in [-0.39, 0.29) is 5.95 Å². The zero-order valence-corrected chi connectivity index (χ0v) is 5.87. The molecule has 1 saturated carbocycles. The summed E-state index contributed by atoms with van der Waals surface area (Å²) in [7, 11) is 0. The van der Waals surface area contributed by atoms with Crippen LogP contribution in [0.15, 0.2) is 16.5 Å². The third-order valence-corrected chi connectivity index (χ3v) is 2.09. The molecule has 1 N–H and O–H groups in total. The molecule has 0 aliphatic heterocycles. The van der Waals surface area contributed by atoms with Crippen molar-refractivity contribution < 1.29 is 9.52 Å². The van der Waals surface area contributed by atoms with E-state index < -0.39 is 0 Å². The van der Waals surface area contributed by atoms with E-state index in [4.69, 9.17) is 9.52 Å². The normalized spacial score (nSPS) is 30.5. The molecule has 2 nitrogen and oxygen atoms in total. The first-order valence-electron chi connectivity index (χ1n) is 3.56. The summed E-state index contributed by atoms with van der Waals surface area (Å²) < 4.78 is 5.03. The molecule has 2 atom stereocenters. The quantitative estimate of drug-likeness (QED) is 0.644. The molecular weight excluding hydrogens is 128 g/mol. The van der Waals surface area contributed by atoms with Crippen molar-refractivity contribution in [1.82, 2.24) is 0 Å². The molecule has 1 fully saturated rings. The highest BCUT2D eigenvalue weighted by molar-refractivity contribution is 5.19. The van der Waals surface area contributed by atoms with Gasteiger partial charge < -0.3 is 9.52 Å². The first-order chi connectivity index (χ1) is 4.77. The lowest BCUT2D eigenvalue weighted by Gasteiger charge is -1.87.